The second-order valence-electron chi connectivity index (χ2n) is 5.87. The van der Waals surface area contributed by atoms with Crippen LogP contribution in [0.5, 0.6) is 5.88 Å². The van der Waals surface area contributed by atoms with Gasteiger partial charge in [-0.2, -0.15) is 0 Å². The van der Waals surface area contributed by atoms with Crippen LogP contribution in [0.4, 0.5) is 0 Å². The molecule has 2 rings (SSSR count). The molecule has 8 heteroatoms. The second-order valence-corrected chi connectivity index (χ2v) is 5.87. The van der Waals surface area contributed by atoms with Gasteiger partial charge in [0.15, 0.2) is 5.96 Å². The molecule has 2 heterocycles. The van der Waals surface area contributed by atoms with Gasteiger partial charge in [0.25, 0.3) is 0 Å². The van der Waals surface area contributed by atoms with E-state index >= 15 is 0 Å². The largest absolute Gasteiger partial charge is 0.475 e. The summed E-state index contributed by atoms with van der Waals surface area (Å²) < 4.78 is 21.7. The fourth-order valence-corrected chi connectivity index (χ4v) is 2.48. The summed E-state index contributed by atoms with van der Waals surface area (Å²) >= 11 is 0. The van der Waals surface area contributed by atoms with Crippen LogP contribution in [0.1, 0.15) is 18.4 Å². The predicted molar refractivity (Wildman–Crippen MR) is 99.6 cm³/mol. The normalized spacial score (nSPS) is 17.3. The van der Waals surface area contributed by atoms with Crippen molar-refractivity contribution >= 4 is 5.96 Å². The molecule has 2 N–H and O–H groups in total. The highest BCUT2D eigenvalue weighted by Gasteiger charge is 2.15. The summed E-state index contributed by atoms with van der Waals surface area (Å²) in [5, 5.41) is 6.56. The van der Waals surface area contributed by atoms with E-state index in [9.17, 15) is 0 Å². The fourth-order valence-electron chi connectivity index (χ4n) is 2.48. The van der Waals surface area contributed by atoms with Gasteiger partial charge in [-0.1, -0.05) is 6.07 Å². The summed E-state index contributed by atoms with van der Waals surface area (Å²) in [6, 6.07) is 3.87. The lowest BCUT2D eigenvalue weighted by atomic mass is 10.2. The summed E-state index contributed by atoms with van der Waals surface area (Å²) in [4.78, 5) is 8.51. The lowest BCUT2D eigenvalue weighted by Crippen LogP contribution is -2.37. The molecule has 146 valence electrons. The third kappa shape index (κ3) is 7.55. The fraction of sp³-hybridized carbons (Fsp3) is 0.667. The number of rotatable bonds is 11. The predicted octanol–water partition coefficient (Wildman–Crippen LogP) is 0.967. The molecule has 0 aromatic carbocycles. The number of hydrogen-bond acceptors (Lipinski definition) is 6. The van der Waals surface area contributed by atoms with E-state index in [1.54, 1.807) is 20.4 Å². The minimum atomic E-state index is 0.259. The lowest BCUT2D eigenvalue weighted by Gasteiger charge is -2.14. The van der Waals surface area contributed by atoms with Gasteiger partial charge in [-0.05, 0) is 18.9 Å². The van der Waals surface area contributed by atoms with E-state index in [-0.39, 0.29) is 6.10 Å². The molecule has 0 radical (unpaired) electrons. The average molecular weight is 366 g/mol. The average Bonchev–Trinajstić information content (AvgIpc) is 3.18. The van der Waals surface area contributed by atoms with Crippen molar-refractivity contribution in [3.8, 4) is 5.88 Å². The molecule has 0 spiro atoms. The standard InChI is InChI=1S/C18H30N4O4/c1-19-18(21-8-4-9-25-16-6-10-24-14-16)22-13-15-5-3-7-20-17(15)26-12-11-23-2/h3,5,7,16H,4,6,8-14H2,1-2H3,(H2,19,21,22). The number of aliphatic imine (C=N–C) groups is 1. The van der Waals surface area contributed by atoms with Gasteiger partial charge in [0.1, 0.15) is 6.61 Å². The van der Waals surface area contributed by atoms with E-state index in [1.807, 2.05) is 12.1 Å². The zero-order chi connectivity index (χ0) is 18.5. The molecule has 26 heavy (non-hydrogen) atoms. The maximum absolute atomic E-state index is 5.75. The summed E-state index contributed by atoms with van der Waals surface area (Å²) in [5.74, 6) is 1.35. The van der Waals surface area contributed by atoms with Gasteiger partial charge >= 0.3 is 0 Å². The third-order valence-corrected chi connectivity index (χ3v) is 3.90. The SMILES string of the molecule is CN=C(NCCCOC1CCOC1)NCc1cccnc1OCCOC. The van der Waals surface area contributed by atoms with Crippen LogP contribution < -0.4 is 15.4 Å². The number of methoxy groups -OCH3 is 1. The van der Waals surface area contributed by atoms with Crippen LogP contribution in [-0.4, -0.2) is 70.8 Å². The van der Waals surface area contributed by atoms with Crippen LogP contribution in [0.25, 0.3) is 0 Å². The number of nitrogens with one attached hydrogen (secondary N) is 2. The van der Waals surface area contributed by atoms with Crippen molar-refractivity contribution in [2.24, 2.45) is 4.99 Å². The highest BCUT2D eigenvalue weighted by atomic mass is 16.5. The Hall–Kier alpha value is -1.90. The number of aromatic nitrogens is 1. The number of ether oxygens (including phenoxy) is 4. The molecular formula is C18H30N4O4. The molecule has 1 fully saturated rings. The van der Waals surface area contributed by atoms with Crippen LogP contribution in [0.15, 0.2) is 23.3 Å². The second kappa shape index (κ2) is 12.5. The molecular weight excluding hydrogens is 336 g/mol. The molecule has 1 aromatic heterocycles. The molecule has 1 atom stereocenters. The zero-order valence-electron chi connectivity index (χ0n) is 15.7. The van der Waals surface area contributed by atoms with Crippen LogP contribution in [0.2, 0.25) is 0 Å². The first-order chi connectivity index (χ1) is 12.8. The Labute approximate surface area is 155 Å². The van der Waals surface area contributed by atoms with Crippen molar-refractivity contribution in [1.29, 1.82) is 0 Å². The zero-order valence-corrected chi connectivity index (χ0v) is 15.7. The Morgan fingerprint density at radius 1 is 1.35 bits per heavy atom. The molecule has 0 aliphatic carbocycles. The topological polar surface area (TPSA) is 86.2 Å². The highest BCUT2D eigenvalue weighted by Crippen LogP contribution is 2.13. The Balaban J connectivity index is 1.66. The van der Waals surface area contributed by atoms with Crippen molar-refractivity contribution in [3.63, 3.8) is 0 Å². The molecule has 0 bridgehead atoms. The first-order valence-corrected chi connectivity index (χ1v) is 9.03. The van der Waals surface area contributed by atoms with Gasteiger partial charge in [-0.15, -0.1) is 0 Å². The molecule has 1 unspecified atom stereocenters. The minimum Gasteiger partial charge on any atom is -0.475 e. The Morgan fingerprint density at radius 2 is 2.27 bits per heavy atom. The Kier molecular flexibility index (Phi) is 9.78. The Morgan fingerprint density at radius 3 is 3.04 bits per heavy atom. The molecule has 0 amide bonds. The molecule has 1 aliphatic heterocycles. The monoisotopic (exact) mass is 366 g/mol. The first-order valence-electron chi connectivity index (χ1n) is 9.03. The van der Waals surface area contributed by atoms with E-state index in [1.165, 1.54) is 0 Å². The highest BCUT2D eigenvalue weighted by molar-refractivity contribution is 5.79. The van der Waals surface area contributed by atoms with Crippen molar-refractivity contribution in [1.82, 2.24) is 15.6 Å². The van der Waals surface area contributed by atoms with Crippen LogP contribution in [0.3, 0.4) is 0 Å². The van der Waals surface area contributed by atoms with Crippen molar-refractivity contribution < 1.29 is 18.9 Å². The van der Waals surface area contributed by atoms with E-state index in [0.717, 1.165) is 50.7 Å². The van der Waals surface area contributed by atoms with Crippen molar-refractivity contribution in [2.75, 3.05) is 53.7 Å². The van der Waals surface area contributed by atoms with E-state index in [0.29, 0.717) is 25.6 Å². The van der Waals surface area contributed by atoms with Crippen LogP contribution in [0, 0.1) is 0 Å². The maximum atomic E-state index is 5.75. The van der Waals surface area contributed by atoms with E-state index in [4.69, 9.17) is 18.9 Å². The van der Waals surface area contributed by atoms with Gasteiger partial charge in [0.2, 0.25) is 5.88 Å². The van der Waals surface area contributed by atoms with Gasteiger partial charge < -0.3 is 29.6 Å². The van der Waals surface area contributed by atoms with E-state index < -0.39 is 0 Å². The molecule has 1 saturated heterocycles. The van der Waals surface area contributed by atoms with Gasteiger partial charge in [-0.25, -0.2) is 4.98 Å². The number of hydrogen-bond donors (Lipinski definition) is 2. The minimum absolute atomic E-state index is 0.259. The first kappa shape index (κ1) is 20.4. The van der Waals surface area contributed by atoms with Crippen LogP contribution >= 0.6 is 0 Å². The van der Waals surface area contributed by atoms with Crippen LogP contribution in [-0.2, 0) is 20.8 Å². The van der Waals surface area contributed by atoms with Crippen molar-refractivity contribution in [2.45, 2.75) is 25.5 Å². The summed E-state index contributed by atoms with van der Waals surface area (Å²) in [6.07, 6.45) is 3.88. The smallest absolute Gasteiger partial charge is 0.218 e. The number of nitrogens with zero attached hydrogens (tertiary/aromatic N) is 2. The van der Waals surface area contributed by atoms with Crippen molar-refractivity contribution in [3.05, 3.63) is 23.9 Å². The quantitative estimate of drug-likeness (QED) is 0.343. The molecule has 8 nitrogen and oxygen atoms in total. The van der Waals surface area contributed by atoms with Gasteiger partial charge in [-0.3, -0.25) is 4.99 Å². The lowest BCUT2D eigenvalue weighted by molar-refractivity contribution is 0.0420. The third-order valence-electron chi connectivity index (χ3n) is 3.90. The number of guanidine groups is 1. The molecule has 1 aliphatic rings. The summed E-state index contributed by atoms with van der Waals surface area (Å²) in [7, 11) is 3.40. The maximum Gasteiger partial charge on any atom is 0.218 e. The summed E-state index contributed by atoms with van der Waals surface area (Å²) in [5.41, 5.74) is 0.969. The molecule has 0 saturated carbocycles. The van der Waals surface area contributed by atoms with Gasteiger partial charge in [0.05, 0.1) is 19.3 Å². The summed E-state index contributed by atoms with van der Waals surface area (Å²) in [6.45, 7) is 4.62. The van der Waals surface area contributed by atoms with E-state index in [2.05, 4.69) is 20.6 Å². The van der Waals surface area contributed by atoms with Gasteiger partial charge in [0, 0.05) is 52.2 Å². The molecule has 1 aromatic rings. The number of pyridine rings is 1. The Bertz CT molecular complexity index is 536.